The highest BCUT2D eigenvalue weighted by atomic mass is 79.9. The van der Waals surface area contributed by atoms with E-state index in [1.165, 1.54) is 7.11 Å². The fourth-order valence-corrected chi connectivity index (χ4v) is 5.28. The van der Waals surface area contributed by atoms with Crippen LogP contribution >= 0.6 is 15.9 Å². The van der Waals surface area contributed by atoms with Crippen molar-refractivity contribution in [2.45, 2.75) is 50.9 Å². The SMILES string of the molecule is COC(=O)Nc1ccc(-c2cnc(C3CC(O)c4cc(Br)cnc43)n2COCC[Si](C)(C)C)cc1. The van der Waals surface area contributed by atoms with E-state index in [-0.39, 0.29) is 5.92 Å². The van der Waals surface area contributed by atoms with Crippen molar-refractivity contribution in [3.8, 4) is 11.3 Å². The van der Waals surface area contributed by atoms with Gasteiger partial charge in [0.2, 0.25) is 0 Å². The fourth-order valence-electron chi connectivity index (χ4n) is 4.17. The molecule has 4 rings (SSSR count). The average molecular weight is 560 g/mol. The Morgan fingerprint density at radius 3 is 2.66 bits per heavy atom. The number of nitrogens with zero attached hydrogens (tertiary/aromatic N) is 3. The first-order valence-corrected chi connectivity index (χ1v) is 16.1. The third-order valence-corrected chi connectivity index (χ3v) is 8.23. The van der Waals surface area contributed by atoms with Gasteiger partial charge in [-0.3, -0.25) is 10.3 Å². The third kappa shape index (κ3) is 6.00. The van der Waals surface area contributed by atoms with E-state index in [2.05, 4.69) is 55.2 Å². The number of nitrogens with one attached hydrogen (secondary N) is 1. The van der Waals surface area contributed by atoms with Crippen molar-refractivity contribution < 1.29 is 19.4 Å². The van der Waals surface area contributed by atoms with E-state index in [4.69, 9.17) is 9.72 Å². The van der Waals surface area contributed by atoms with Crippen molar-refractivity contribution in [1.82, 2.24) is 14.5 Å². The minimum absolute atomic E-state index is 0.136. The minimum Gasteiger partial charge on any atom is -0.453 e. The summed E-state index contributed by atoms with van der Waals surface area (Å²) in [5.74, 6) is 0.681. The average Bonchev–Trinajstić information content (AvgIpc) is 3.37. The maximum Gasteiger partial charge on any atom is 0.411 e. The summed E-state index contributed by atoms with van der Waals surface area (Å²) in [5.41, 5.74) is 4.16. The van der Waals surface area contributed by atoms with Gasteiger partial charge in [-0.1, -0.05) is 31.8 Å². The van der Waals surface area contributed by atoms with Gasteiger partial charge in [-0.05, 0) is 52.2 Å². The number of amides is 1. The molecule has 1 aromatic carbocycles. The van der Waals surface area contributed by atoms with E-state index in [9.17, 15) is 9.90 Å². The summed E-state index contributed by atoms with van der Waals surface area (Å²) < 4.78 is 13.7. The van der Waals surface area contributed by atoms with Gasteiger partial charge < -0.3 is 19.1 Å². The van der Waals surface area contributed by atoms with Gasteiger partial charge in [-0.25, -0.2) is 9.78 Å². The first kappa shape index (κ1) is 25.6. The molecule has 2 aromatic heterocycles. The van der Waals surface area contributed by atoms with Crippen LogP contribution in [-0.4, -0.2) is 47.5 Å². The number of benzene rings is 1. The van der Waals surface area contributed by atoms with Crippen LogP contribution in [0.15, 0.2) is 47.2 Å². The molecular weight excluding hydrogens is 528 g/mol. The van der Waals surface area contributed by atoms with Gasteiger partial charge in [0.1, 0.15) is 12.6 Å². The maximum atomic E-state index is 11.5. The third-order valence-electron chi connectivity index (χ3n) is 6.09. The molecule has 10 heteroatoms. The maximum absolute atomic E-state index is 11.5. The number of methoxy groups -OCH3 is 1. The highest BCUT2D eigenvalue weighted by molar-refractivity contribution is 9.10. The molecule has 0 saturated carbocycles. The van der Waals surface area contributed by atoms with Crippen LogP contribution in [0.1, 0.15) is 35.5 Å². The zero-order valence-corrected chi connectivity index (χ0v) is 23.0. The predicted octanol–water partition coefficient (Wildman–Crippen LogP) is 5.77. The van der Waals surface area contributed by atoms with E-state index in [1.807, 2.05) is 36.5 Å². The Hall–Kier alpha value is -2.53. The summed E-state index contributed by atoms with van der Waals surface area (Å²) in [6, 6.07) is 10.5. The van der Waals surface area contributed by atoms with Crippen LogP contribution in [0.4, 0.5) is 10.5 Å². The van der Waals surface area contributed by atoms with E-state index >= 15 is 0 Å². The normalized spacial score (nSPS) is 17.3. The van der Waals surface area contributed by atoms with Crippen LogP contribution in [0.3, 0.4) is 0 Å². The number of halogens is 1. The summed E-state index contributed by atoms with van der Waals surface area (Å²) in [6.07, 6.45) is 3.01. The lowest BCUT2D eigenvalue weighted by Gasteiger charge is -2.19. The first-order valence-electron chi connectivity index (χ1n) is 11.6. The van der Waals surface area contributed by atoms with Crippen LogP contribution in [-0.2, 0) is 16.2 Å². The number of imidazole rings is 1. The fraction of sp³-hybridized carbons (Fsp3) is 0.400. The highest BCUT2D eigenvalue weighted by Gasteiger charge is 2.35. The van der Waals surface area contributed by atoms with Crippen LogP contribution in [0.5, 0.6) is 0 Å². The number of rotatable bonds is 8. The van der Waals surface area contributed by atoms with E-state index < -0.39 is 20.3 Å². The largest absolute Gasteiger partial charge is 0.453 e. The lowest BCUT2D eigenvalue weighted by molar-refractivity contribution is 0.0851. The second kappa shape index (κ2) is 10.6. The van der Waals surface area contributed by atoms with Crippen molar-refractivity contribution in [3.63, 3.8) is 0 Å². The molecule has 3 aromatic rings. The van der Waals surface area contributed by atoms with Crippen LogP contribution < -0.4 is 5.32 Å². The topological polar surface area (TPSA) is 98.5 Å². The predicted molar refractivity (Wildman–Crippen MR) is 141 cm³/mol. The molecule has 2 N–H and O–H groups in total. The van der Waals surface area contributed by atoms with Crippen molar-refractivity contribution >= 4 is 35.8 Å². The summed E-state index contributed by atoms with van der Waals surface area (Å²) in [5, 5.41) is 13.4. The first-order chi connectivity index (χ1) is 16.7. The summed E-state index contributed by atoms with van der Waals surface area (Å²) >= 11 is 3.46. The van der Waals surface area contributed by atoms with Gasteiger partial charge in [0, 0.05) is 36.6 Å². The number of aliphatic hydroxyl groups excluding tert-OH is 1. The van der Waals surface area contributed by atoms with Crippen molar-refractivity contribution in [1.29, 1.82) is 0 Å². The van der Waals surface area contributed by atoms with Crippen molar-refractivity contribution in [2.24, 2.45) is 0 Å². The molecule has 0 bridgehead atoms. The zero-order valence-electron chi connectivity index (χ0n) is 20.4. The molecule has 0 fully saturated rings. The molecule has 1 aliphatic rings. The van der Waals surface area contributed by atoms with Gasteiger partial charge in [0.05, 0.1) is 36.7 Å². The highest BCUT2D eigenvalue weighted by Crippen LogP contribution is 2.44. The second-order valence-corrected chi connectivity index (χ2v) is 16.4. The molecule has 0 radical (unpaired) electrons. The Morgan fingerprint density at radius 1 is 1.23 bits per heavy atom. The number of carbonyl (C=O) groups excluding carboxylic acids is 1. The number of hydrogen-bond donors (Lipinski definition) is 2. The van der Waals surface area contributed by atoms with E-state index in [0.29, 0.717) is 25.4 Å². The van der Waals surface area contributed by atoms with Gasteiger partial charge in [-0.2, -0.15) is 0 Å². The second-order valence-electron chi connectivity index (χ2n) is 9.90. The summed E-state index contributed by atoms with van der Waals surface area (Å²) in [4.78, 5) is 20.9. The van der Waals surface area contributed by atoms with Crippen LogP contribution in [0.2, 0.25) is 25.7 Å². The number of ether oxygens (including phenoxy) is 2. The van der Waals surface area contributed by atoms with Gasteiger partial charge in [0.15, 0.2) is 0 Å². The monoisotopic (exact) mass is 558 g/mol. The molecule has 1 amide bonds. The van der Waals surface area contributed by atoms with Gasteiger partial charge >= 0.3 is 6.09 Å². The smallest absolute Gasteiger partial charge is 0.411 e. The Labute approximate surface area is 214 Å². The Kier molecular flexibility index (Phi) is 7.75. The number of hydrogen-bond acceptors (Lipinski definition) is 6. The number of fused-ring (bicyclic) bond motifs is 1. The van der Waals surface area contributed by atoms with Crippen molar-refractivity contribution in [2.75, 3.05) is 19.0 Å². The van der Waals surface area contributed by atoms with Gasteiger partial charge in [-0.15, -0.1) is 0 Å². The molecule has 0 saturated heterocycles. The zero-order chi connectivity index (χ0) is 25.2. The molecule has 186 valence electrons. The molecular formula is C25H31BrN4O4Si. The Balaban J connectivity index is 1.66. The number of carbonyl (C=O) groups is 1. The number of aromatic nitrogens is 3. The molecule has 0 aliphatic heterocycles. The minimum atomic E-state index is -1.22. The van der Waals surface area contributed by atoms with Crippen LogP contribution in [0, 0.1) is 0 Å². The lowest BCUT2D eigenvalue weighted by Crippen LogP contribution is -2.22. The molecule has 1 aliphatic carbocycles. The Bertz CT molecular complexity index is 1190. The molecule has 0 spiro atoms. The van der Waals surface area contributed by atoms with Crippen molar-refractivity contribution in [3.05, 3.63) is 64.3 Å². The summed E-state index contributed by atoms with van der Waals surface area (Å²) in [6.45, 7) is 8.03. The molecule has 2 unspecified atom stereocenters. The molecule has 8 nitrogen and oxygen atoms in total. The molecule has 35 heavy (non-hydrogen) atoms. The quantitative estimate of drug-likeness (QED) is 0.269. The van der Waals surface area contributed by atoms with E-state index in [0.717, 1.165) is 38.9 Å². The lowest BCUT2D eigenvalue weighted by atomic mass is 10.1. The molecule has 2 heterocycles. The standard InChI is InChI=1S/C25H31BrN4O4Si/c1-33-25(32)29-18-7-5-16(6-8-18)21-14-28-24(30(21)15-34-9-10-35(2,3)4)20-12-22(31)19-11-17(26)13-27-23(19)20/h5-8,11,13-14,20,22,31H,9-10,12,15H2,1-4H3,(H,29,32). The number of aliphatic hydroxyl groups is 1. The number of pyridine rings is 1. The summed E-state index contributed by atoms with van der Waals surface area (Å²) in [7, 11) is 0.108. The van der Waals surface area contributed by atoms with Gasteiger partial charge in [0.25, 0.3) is 0 Å². The Morgan fingerprint density at radius 2 is 1.97 bits per heavy atom. The van der Waals surface area contributed by atoms with Crippen LogP contribution in [0.25, 0.3) is 11.3 Å². The van der Waals surface area contributed by atoms with E-state index in [1.54, 1.807) is 6.20 Å². The number of anilines is 1. The molecule has 2 atom stereocenters.